The van der Waals surface area contributed by atoms with E-state index in [0.717, 1.165) is 44.3 Å². The second-order valence-corrected chi connectivity index (χ2v) is 5.70. The molecule has 4 heteroatoms. The summed E-state index contributed by atoms with van der Waals surface area (Å²) in [7, 11) is 0. The number of halogens is 1. The first-order chi connectivity index (χ1) is 7.84. The van der Waals surface area contributed by atoms with Crippen LogP contribution in [0.1, 0.15) is 38.5 Å². The summed E-state index contributed by atoms with van der Waals surface area (Å²) in [6, 6.07) is 0.139. The average molecular weight is 259 g/mol. The minimum atomic E-state index is 0. The molecule has 2 heterocycles. The maximum Gasteiger partial charge on any atom is 0.239 e. The quantitative estimate of drug-likeness (QED) is 0.778. The maximum absolute atomic E-state index is 12.3. The molecule has 3 aliphatic rings. The largest absolute Gasteiger partial charge is 0.341 e. The molecule has 1 N–H and O–H groups in total. The first kappa shape index (κ1) is 13.2. The highest BCUT2D eigenvalue weighted by Crippen LogP contribution is 2.36. The van der Waals surface area contributed by atoms with Gasteiger partial charge in [-0.05, 0) is 44.1 Å². The Bertz CT molecular complexity index is 265. The lowest BCUT2D eigenvalue weighted by atomic mass is 9.82. The summed E-state index contributed by atoms with van der Waals surface area (Å²) in [4.78, 5) is 14.4. The van der Waals surface area contributed by atoms with Crippen molar-refractivity contribution in [3.63, 3.8) is 0 Å². The molecule has 0 aromatic heterocycles. The van der Waals surface area contributed by atoms with Crippen LogP contribution in [0.15, 0.2) is 0 Å². The van der Waals surface area contributed by atoms with E-state index in [1.165, 1.54) is 25.7 Å². The second-order valence-electron chi connectivity index (χ2n) is 5.70. The molecule has 0 aromatic carbocycles. The number of fused-ring (bicyclic) bond motifs is 1. The van der Waals surface area contributed by atoms with Gasteiger partial charge in [-0.25, -0.2) is 0 Å². The molecule has 98 valence electrons. The van der Waals surface area contributed by atoms with Crippen LogP contribution < -0.4 is 5.32 Å². The van der Waals surface area contributed by atoms with Gasteiger partial charge >= 0.3 is 0 Å². The Morgan fingerprint density at radius 2 is 1.65 bits per heavy atom. The lowest BCUT2D eigenvalue weighted by molar-refractivity contribution is -0.132. The van der Waals surface area contributed by atoms with Gasteiger partial charge in [0.2, 0.25) is 5.91 Å². The van der Waals surface area contributed by atoms with Gasteiger partial charge < -0.3 is 10.2 Å². The first-order valence-electron chi connectivity index (χ1n) is 6.87. The predicted molar refractivity (Wildman–Crippen MR) is 70.3 cm³/mol. The molecule has 3 rings (SSSR count). The molecular weight excluding hydrogens is 236 g/mol. The molecular formula is C13H23ClN2O. The number of carbonyl (C=O) groups excluding carboxylic acids is 1. The van der Waals surface area contributed by atoms with Crippen LogP contribution in [0.2, 0.25) is 0 Å². The lowest BCUT2D eigenvalue weighted by Crippen LogP contribution is -2.42. The third-order valence-electron chi connectivity index (χ3n) is 4.65. The van der Waals surface area contributed by atoms with Crippen LogP contribution in [0.5, 0.6) is 0 Å². The van der Waals surface area contributed by atoms with E-state index in [0.29, 0.717) is 5.91 Å². The summed E-state index contributed by atoms with van der Waals surface area (Å²) >= 11 is 0. The number of hydrogen-bond donors (Lipinski definition) is 1. The summed E-state index contributed by atoms with van der Waals surface area (Å²) < 4.78 is 0. The normalized spacial score (nSPS) is 36.5. The van der Waals surface area contributed by atoms with Crippen LogP contribution >= 0.6 is 12.4 Å². The van der Waals surface area contributed by atoms with Crippen molar-refractivity contribution < 1.29 is 4.79 Å². The van der Waals surface area contributed by atoms with Gasteiger partial charge in [0.25, 0.3) is 0 Å². The van der Waals surface area contributed by atoms with Gasteiger partial charge in [-0.3, -0.25) is 4.79 Å². The Kier molecular flexibility index (Phi) is 4.31. The average Bonchev–Trinajstić information content (AvgIpc) is 2.97. The molecule has 0 spiro atoms. The van der Waals surface area contributed by atoms with Crippen LogP contribution in [0.4, 0.5) is 0 Å². The van der Waals surface area contributed by atoms with E-state index < -0.39 is 0 Å². The smallest absolute Gasteiger partial charge is 0.239 e. The maximum atomic E-state index is 12.3. The van der Waals surface area contributed by atoms with Crippen LogP contribution in [-0.2, 0) is 4.79 Å². The van der Waals surface area contributed by atoms with E-state index in [1.807, 2.05) is 0 Å². The first-order valence-corrected chi connectivity index (χ1v) is 6.87. The predicted octanol–water partition coefficient (Wildman–Crippen LogP) is 1.81. The van der Waals surface area contributed by atoms with Gasteiger partial charge in [0.1, 0.15) is 0 Å². The van der Waals surface area contributed by atoms with Crippen LogP contribution in [0.3, 0.4) is 0 Å². The van der Waals surface area contributed by atoms with E-state index >= 15 is 0 Å². The van der Waals surface area contributed by atoms with Gasteiger partial charge in [-0.2, -0.15) is 0 Å². The van der Waals surface area contributed by atoms with E-state index in [1.54, 1.807) is 0 Å². The topological polar surface area (TPSA) is 32.3 Å². The van der Waals surface area contributed by atoms with Crippen LogP contribution in [0.25, 0.3) is 0 Å². The Labute approximate surface area is 110 Å². The molecule has 3 fully saturated rings. The Balaban J connectivity index is 0.00000108. The van der Waals surface area contributed by atoms with Gasteiger partial charge in [0, 0.05) is 13.1 Å². The molecule has 1 aliphatic carbocycles. The van der Waals surface area contributed by atoms with E-state index in [-0.39, 0.29) is 18.4 Å². The monoisotopic (exact) mass is 258 g/mol. The number of likely N-dealkylation sites (tertiary alicyclic amines) is 1. The highest BCUT2D eigenvalue weighted by molar-refractivity contribution is 5.85. The van der Waals surface area contributed by atoms with Crippen molar-refractivity contribution in [2.24, 2.45) is 11.8 Å². The molecule has 3 atom stereocenters. The van der Waals surface area contributed by atoms with Crippen LogP contribution in [-0.4, -0.2) is 36.5 Å². The molecule has 0 bridgehead atoms. The minimum absolute atomic E-state index is 0. The number of rotatable bonds is 1. The number of carbonyl (C=O) groups is 1. The summed E-state index contributed by atoms with van der Waals surface area (Å²) in [5.41, 5.74) is 0. The molecule has 0 radical (unpaired) electrons. The van der Waals surface area contributed by atoms with Crippen molar-refractivity contribution >= 4 is 18.3 Å². The Morgan fingerprint density at radius 1 is 1.00 bits per heavy atom. The SMILES string of the molecule is Cl.O=C(C1CCCN1)N1CC2CCCCC2C1. The summed E-state index contributed by atoms with van der Waals surface area (Å²) in [6.07, 6.45) is 7.68. The number of amides is 1. The second kappa shape index (κ2) is 5.57. The number of nitrogens with one attached hydrogen (secondary N) is 1. The zero-order valence-electron chi connectivity index (χ0n) is 10.4. The highest BCUT2D eigenvalue weighted by Gasteiger charge is 2.38. The standard InChI is InChI=1S/C13H22N2O.ClH/c16-13(12-6-3-7-14-12)15-8-10-4-1-2-5-11(10)9-15;/h10-12,14H,1-9H2;1H. The van der Waals surface area contributed by atoms with Crippen molar-refractivity contribution in [2.45, 2.75) is 44.6 Å². The fraction of sp³-hybridized carbons (Fsp3) is 0.923. The van der Waals surface area contributed by atoms with E-state index in [9.17, 15) is 4.79 Å². The zero-order valence-corrected chi connectivity index (χ0v) is 11.2. The Morgan fingerprint density at radius 3 is 2.18 bits per heavy atom. The minimum Gasteiger partial charge on any atom is -0.341 e. The van der Waals surface area contributed by atoms with Crippen LogP contribution in [0, 0.1) is 11.8 Å². The molecule has 2 aliphatic heterocycles. The molecule has 1 amide bonds. The Hall–Kier alpha value is -0.280. The van der Waals surface area contributed by atoms with Crippen molar-refractivity contribution in [1.29, 1.82) is 0 Å². The van der Waals surface area contributed by atoms with Crippen molar-refractivity contribution in [3.05, 3.63) is 0 Å². The summed E-state index contributed by atoms with van der Waals surface area (Å²) in [6.45, 7) is 3.11. The van der Waals surface area contributed by atoms with Gasteiger partial charge in [-0.15, -0.1) is 12.4 Å². The third kappa shape index (κ3) is 2.60. The summed E-state index contributed by atoms with van der Waals surface area (Å²) in [5.74, 6) is 2.02. The zero-order chi connectivity index (χ0) is 11.0. The molecule has 17 heavy (non-hydrogen) atoms. The van der Waals surface area contributed by atoms with Crippen molar-refractivity contribution in [1.82, 2.24) is 10.2 Å². The lowest BCUT2D eigenvalue weighted by Gasteiger charge is -2.22. The fourth-order valence-electron chi connectivity index (χ4n) is 3.70. The fourth-order valence-corrected chi connectivity index (χ4v) is 3.70. The van der Waals surface area contributed by atoms with Gasteiger partial charge in [0.05, 0.1) is 6.04 Å². The van der Waals surface area contributed by atoms with E-state index in [2.05, 4.69) is 10.2 Å². The van der Waals surface area contributed by atoms with Gasteiger partial charge in [-0.1, -0.05) is 12.8 Å². The van der Waals surface area contributed by atoms with Crippen molar-refractivity contribution in [2.75, 3.05) is 19.6 Å². The molecule has 1 saturated carbocycles. The van der Waals surface area contributed by atoms with Gasteiger partial charge in [0.15, 0.2) is 0 Å². The third-order valence-corrected chi connectivity index (χ3v) is 4.65. The molecule has 3 nitrogen and oxygen atoms in total. The molecule has 3 unspecified atom stereocenters. The highest BCUT2D eigenvalue weighted by atomic mass is 35.5. The molecule has 0 aromatic rings. The molecule has 2 saturated heterocycles. The number of hydrogen-bond acceptors (Lipinski definition) is 2. The van der Waals surface area contributed by atoms with E-state index in [4.69, 9.17) is 0 Å². The number of nitrogens with zero attached hydrogens (tertiary/aromatic N) is 1. The summed E-state index contributed by atoms with van der Waals surface area (Å²) in [5, 5.41) is 3.32. The van der Waals surface area contributed by atoms with Crippen molar-refractivity contribution in [3.8, 4) is 0 Å².